The molecule has 2 aromatic heterocycles. The quantitative estimate of drug-likeness (QED) is 0.689. The molecule has 0 aliphatic carbocycles. The molecule has 3 aromatic rings. The third kappa shape index (κ3) is 3.55. The number of halogens is 2. The molecule has 1 aromatic carbocycles. The van der Waals surface area contributed by atoms with Gasteiger partial charge in [0, 0.05) is 19.0 Å². The summed E-state index contributed by atoms with van der Waals surface area (Å²) in [5.41, 5.74) is 2.43. The van der Waals surface area contributed by atoms with Gasteiger partial charge in [-0.1, -0.05) is 6.07 Å². The first-order valence-corrected chi connectivity index (χ1v) is 8.82. The van der Waals surface area contributed by atoms with Crippen molar-refractivity contribution in [2.45, 2.75) is 20.0 Å². The zero-order chi connectivity index (χ0) is 19.7. The second kappa shape index (κ2) is 7.34. The zero-order valence-electron chi connectivity index (χ0n) is 15.2. The molecule has 3 heterocycles. The Labute approximate surface area is 160 Å². The van der Waals surface area contributed by atoms with Gasteiger partial charge in [-0.3, -0.25) is 14.7 Å². The number of amides is 1. The molecular weight excluding hydrogens is 364 g/mol. The molecule has 7 heteroatoms. The summed E-state index contributed by atoms with van der Waals surface area (Å²) in [4.78, 5) is 23.0. The lowest BCUT2D eigenvalue weighted by molar-refractivity contribution is 0.0978. The molecule has 0 saturated carbocycles. The summed E-state index contributed by atoms with van der Waals surface area (Å²) in [6.45, 7) is 2.30. The van der Waals surface area contributed by atoms with Gasteiger partial charge in [-0.25, -0.2) is 13.8 Å². The van der Waals surface area contributed by atoms with Crippen LogP contribution in [0.1, 0.15) is 27.3 Å². The van der Waals surface area contributed by atoms with Crippen molar-refractivity contribution in [1.29, 1.82) is 0 Å². The summed E-state index contributed by atoms with van der Waals surface area (Å²) in [6, 6.07) is 10.7. The molecule has 4 rings (SSSR count). The number of hydrogen-bond acceptors (Lipinski definition) is 4. The number of ether oxygens (including phenoxy) is 1. The van der Waals surface area contributed by atoms with Crippen LogP contribution in [0.4, 0.5) is 14.6 Å². The molecule has 0 saturated heterocycles. The van der Waals surface area contributed by atoms with Crippen molar-refractivity contribution in [1.82, 2.24) is 9.97 Å². The second-order valence-corrected chi connectivity index (χ2v) is 6.54. The molecule has 0 bridgehead atoms. The fraction of sp³-hybridized carbons (Fsp3) is 0.190. The van der Waals surface area contributed by atoms with Gasteiger partial charge < -0.3 is 4.74 Å². The summed E-state index contributed by atoms with van der Waals surface area (Å²) in [5, 5.41) is 0. The normalized spacial score (nSPS) is 13.4. The van der Waals surface area contributed by atoms with Crippen LogP contribution >= 0.6 is 0 Å². The summed E-state index contributed by atoms with van der Waals surface area (Å²) in [6.07, 6.45) is 1.66. The lowest BCUT2D eigenvalue weighted by Gasteiger charge is -2.28. The molecule has 142 valence electrons. The van der Waals surface area contributed by atoms with Crippen molar-refractivity contribution < 1.29 is 18.3 Å². The minimum atomic E-state index is -0.435. The number of anilines is 1. The minimum absolute atomic E-state index is 0.174. The Morgan fingerprint density at radius 1 is 1.14 bits per heavy atom. The number of pyridine rings is 2. The summed E-state index contributed by atoms with van der Waals surface area (Å²) < 4.78 is 32.1. The van der Waals surface area contributed by atoms with Crippen LogP contribution in [-0.2, 0) is 13.0 Å². The Morgan fingerprint density at radius 2 is 2.00 bits per heavy atom. The highest BCUT2D eigenvalue weighted by atomic mass is 19.1. The van der Waals surface area contributed by atoms with E-state index in [1.54, 1.807) is 36.1 Å². The van der Waals surface area contributed by atoms with Gasteiger partial charge >= 0.3 is 0 Å². The Hall–Kier alpha value is -3.35. The average Bonchev–Trinajstić information content (AvgIpc) is 2.67. The Bertz CT molecular complexity index is 1060. The van der Waals surface area contributed by atoms with Crippen LogP contribution in [0.5, 0.6) is 5.75 Å². The number of hydrogen-bond donors (Lipinski definition) is 0. The number of nitrogens with zero attached hydrogens (tertiary/aromatic N) is 3. The summed E-state index contributed by atoms with van der Waals surface area (Å²) in [7, 11) is 0. The molecular formula is C21H17F2N3O2. The fourth-order valence-corrected chi connectivity index (χ4v) is 3.21. The minimum Gasteiger partial charge on any atom is -0.487 e. The Morgan fingerprint density at radius 3 is 2.79 bits per heavy atom. The number of carbonyl (C=O) groups excluding carboxylic acids is 1. The van der Waals surface area contributed by atoms with Gasteiger partial charge in [0.1, 0.15) is 29.8 Å². The highest BCUT2D eigenvalue weighted by molar-refractivity contribution is 6.07. The van der Waals surface area contributed by atoms with E-state index in [1.807, 2.05) is 0 Å². The van der Waals surface area contributed by atoms with Crippen LogP contribution in [-0.4, -0.2) is 22.4 Å². The molecule has 0 spiro atoms. The molecule has 0 N–H and O–H groups in total. The zero-order valence-corrected chi connectivity index (χ0v) is 15.2. The van der Waals surface area contributed by atoms with E-state index >= 15 is 0 Å². The predicted octanol–water partition coefficient (Wildman–Crippen LogP) is 3.85. The van der Waals surface area contributed by atoms with Crippen LogP contribution < -0.4 is 9.64 Å². The van der Waals surface area contributed by atoms with Crippen molar-refractivity contribution >= 4 is 11.7 Å². The Kier molecular flexibility index (Phi) is 4.73. The smallest absolute Gasteiger partial charge is 0.261 e. The van der Waals surface area contributed by atoms with Crippen LogP contribution in [0.2, 0.25) is 0 Å². The number of aromatic nitrogens is 2. The van der Waals surface area contributed by atoms with Gasteiger partial charge in [-0.2, -0.15) is 0 Å². The van der Waals surface area contributed by atoms with Gasteiger partial charge in [0.2, 0.25) is 0 Å². The van der Waals surface area contributed by atoms with Crippen molar-refractivity contribution in [2.75, 3.05) is 11.4 Å². The van der Waals surface area contributed by atoms with E-state index in [0.29, 0.717) is 47.0 Å². The molecule has 1 amide bonds. The van der Waals surface area contributed by atoms with Gasteiger partial charge in [0.05, 0.1) is 23.1 Å². The van der Waals surface area contributed by atoms with Crippen molar-refractivity contribution in [3.8, 4) is 5.75 Å². The molecule has 0 unspecified atom stereocenters. The van der Waals surface area contributed by atoms with Crippen molar-refractivity contribution in [3.05, 3.63) is 82.8 Å². The van der Waals surface area contributed by atoms with E-state index < -0.39 is 5.82 Å². The number of benzene rings is 1. The first-order chi connectivity index (χ1) is 13.5. The number of rotatable bonds is 4. The van der Waals surface area contributed by atoms with E-state index in [-0.39, 0.29) is 18.3 Å². The first kappa shape index (κ1) is 18.0. The highest BCUT2D eigenvalue weighted by Crippen LogP contribution is 2.25. The molecule has 28 heavy (non-hydrogen) atoms. The van der Waals surface area contributed by atoms with Gasteiger partial charge in [-0.15, -0.1) is 0 Å². The number of fused-ring (bicyclic) bond motifs is 1. The molecule has 0 radical (unpaired) electrons. The van der Waals surface area contributed by atoms with E-state index in [9.17, 15) is 13.6 Å². The fourth-order valence-electron chi connectivity index (χ4n) is 3.21. The summed E-state index contributed by atoms with van der Waals surface area (Å²) >= 11 is 0. The molecule has 0 atom stereocenters. The molecule has 0 fully saturated rings. The third-order valence-corrected chi connectivity index (χ3v) is 4.54. The van der Waals surface area contributed by atoms with Gasteiger partial charge in [-0.05, 0) is 42.8 Å². The van der Waals surface area contributed by atoms with E-state index in [1.165, 1.54) is 18.2 Å². The van der Waals surface area contributed by atoms with E-state index in [2.05, 4.69) is 9.97 Å². The topological polar surface area (TPSA) is 55.3 Å². The average molecular weight is 381 g/mol. The number of aryl methyl sites for hydroxylation is 1. The van der Waals surface area contributed by atoms with Gasteiger partial charge in [0.15, 0.2) is 0 Å². The number of carbonyl (C=O) groups is 1. The standard InChI is InChI=1S/C21H17F2N3O2/c1-13-9-15(23)11-24-20(13)26-8-7-19-18(21(26)27)6-5-16(25-19)12-28-17-4-2-3-14(22)10-17/h2-6,9-11H,7-8,12H2,1H3. The lowest BCUT2D eigenvalue weighted by atomic mass is 10.0. The van der Waals surface area contributed by atoms with E-state index in [0.717, 1.165) is 6.20 Å². The molecule has 1 aliphatic rings. The largest absolute Gasteiger partial charge is 0.487 e. The molecule has 5 nitrogen and oxygen atoms in total. The SMILES string of the molecule is Cc1cc(F)cnc1N1CCc2nc(COc3cccc(F)c3)ccc2C1=O. The maximum atomic E-state index is 13.3. The first-order valence-electron chi connectivity index (χ1n) is 8.82. The summed E-state index contributed by atoms with van der Waals surface area (Å²) in [5.74, 6) is -0.147. The van der Waals surface area contributed by atoms with Crippen molar-refractivity contribution in [3.63, 3.8) is 0 Å². The van der Waals surface area contributed by atoms with Crippen molar-refractivity contribution in [2.24, 2.45) is 0 Å². The Balaban J connectivity index is 1.52. The highest BCUT2D eigenvalue weighted by Gasteiger charge is 2.28. The van der Waals surface area contributed by atoms with Crippen LogP contribution in [0, 0.1) is 18.6 Å². The van der Waals surface area contributed by atoms with E-state index in [4.69, 9.17) is 4.74 Å². The maximum Gasteiger partial charge on any atom is 0.261 e. The molecule has 1 aliphatic heterocycles. The van der Waals surface area contributed by atoms with Crippen LogP contribution in [0.3, 0.4) is 0 Å². The third-order valence-electron chi connectivity index (χ3n) is 4.54. The van der Waals surface area contributed by atoms with Crippen LogP contribution in [0.15, 0.2) is 48.7 Å². The predicted molar refractivity (Wildman–Crippen MR) is 99.3 cm³/mol. The van der Waals surface area contributed by atoms with Gasteiger partial charge in [0.25, 0.3) is 5.91 Å². The maximum absolute atomic E-state index is 13.3. The monoisotopic (exact) mass is 381 g/mol. The second-order valence-electron chi connectivity index (χ2n) is 6.54. The lowest BCUT2D eigenvalue weighted by Crippen LogP contribution is -2.39. The van der Waals surface area contributed by atoms with Crippen LogP contribution in [0.25, 0.3) is 0 Å².